The molecule has 1 atom stereocenters. The van der Waals surface area contributed by atoms with Gasteiger partial charge in [-0.05, 0) is 31.7 Å². The molecule has 0 aliphatic heterocycles. The molecule has 0 spiro atoms. The second-order valence-electron chi connectivity index (χ2n) is 5.66. The van der Waals surface area contributed by atoms with Gasteiger partial charge in [-0.1, -0.05) is 36.4 Å². The van der Waals surface area contributed by atoms with Crippen molar-refractivity contribution >= 4 is 5.91 Å². The number of hydrogen-bond donors (Lipinski definition) is 1. The predicted molar refractivity (Wildman–Crippen MR) is 92.4 cm³/mol. The number of rotatable bonds is 8. The van der Waals surface area contributed by atoms with Gasteiger partial charge in [-0.3, -0.25) is 9.69 Å². The summed E-state index contributed by atoms with van der Waals surface area (Å²) >= 11 is 0. The van der Waals surface area contributed by atoms with Gasteiger partial charge in [0.05, 0.1) is 13.1 Å². The van der Waals surface area contributed by atoms with E-state index in [2.05, 4.69) is 12.2 Å². The van der Waals surface area contributed by atoms with Crippen molar-refractivity contribution in [1.29, 1.82) is 0 Å². The van der Waals surface area contributed by atoms with Crippen LogP contribution in [0, 0.1) is 5.82 Å². The first kappa shape index (κ1) is 17.9. The zero-order valence-electron chi connectivity index (χ0n) is 14.0. The fraction of sp³-hybridized carbons (Fsp3) is 0.316. The molecule has 0 aliphatic rings. The number of nitrogens with one attached hydrogen (secondary N) is 1. The SMILES string of the molecule is CC(c1ccccc1)N(C)CC(=O)NCCOc1cccc(F)c1. The number of hydrogen-bond acceptors (Lipinski definition) is 3. The Morgan fingerprint density at radius 2 is 1.96 bits per heavy atom. The molecule has 0 aromatic heterocycles. The Morgan fingerprint density at radius 3 is 2.67 bits per heavy atom. The van der Waals surface area contributed by atoms with Crippen LogP contribution in [0.4, 0.5) is 4.39 Å². The average Bonchev–Trinajstić information content (AvgIpc) is 2.59. The molecule has 4 nitrogen and oxygen atoms in total. The number of nitrogens with zero attached hydrogens (tertiary/aromatic N) is 1. The van der Waals surface area contributed by atoms with E-state index in [1.165, 1.54) is 17.7 Å². The van der Waals surface area contributed by atoms with Crippen LogP contribution in [0.1, 0.15) is 18.5 Å². The van der Waals surface area contributed by atoms with Crippen LogP contribution in [-0.4, -0.2) is 37.6 Å². The third-order valence-electron chi connectivity index (χ3n) is 3.83. The van der Waals surface area contributed by atoms with Crippen LogP contribution in [0.3, 0.4) is 0 Å². The smallest absolute Gasteiger partial charge is 0.234 e. The van der Waals surface area contributed by atoms with Crippen molar-refractivity contribution in [3.8, 4) is 5.75 Å². The van der Waals surface area contributed by atoms with Crippen molar-refractivity contribution in [3.05, 3.63) is 66.0 Å². The van der Waals surface area contributed by atoms with Crippen molar-refractivity contribution < 1.29 is 13.9 Å². The van der Waals surface area contributed by atoms with Gasteiger partial charge in [-0.2, -0.15) is 0 Å². The number of carbonyl (C=O) groups is 1. The van der Waals surface area contributed by atoms with Gasteiger partial charge in [-0.25, -0.2) is 4.39 Å². The molecule has 0 fully saturated rings. The normalized spacial score (nSPS) is 12.0. The molecule has 2 aromatic carbocycles. The molecular weight excluding hydrogens is 307 g/mol. The fourth-order valence-electron chi connectivity index (χ4n) is 2.32. The van der Waals surface area contributed by atoms with E-state index in [4.69, 9.17) is 4.74 Å². The third-order valence-corrected chi connectivity index (χ3v) is 3.83. The molecule has 0 radical (unpaired) electrons. The lowest BCUT2D eigenvalue weighted by Gasteiger charge is -2.24. The summed E-state index contributed by atoms with van der Waals surface area (Å²) in [5.41, 5.74) is 1.17. The standard InChI is InChI=1S/C19H23FN2O2/c1-15(16-7-4-3-5-8-16)22(2)14-19(23)21-11-12-24-18-10-6-9-17(20)13-18/h3-10,13,15H,11-12,14H2,1-2H3,(H,21,23). The van der Waals surface area contributed by atoms with E-state index in [0.29, 0.717) is 25.4 Å². The van der Waals surface area contributed by atoms with Crippen molar-refractivity contribution in [2.24, 2.45) is 0 Å². The van der Waals surface area contributed by atoms with Crippen molar-refractivity contribution in [3.63, 3.8) is 0 Å². The van der Waals surface area contributed by atoms with E-state index in [1.54, 1.807) is 12.1 Å². The monoisotopic (exact) mass is 330 g/mol. The first-order valence-corrected chi connectivity index (χ1v) is 7.96. The van der Waals surface area contributed by atoms with Gasteiger partial charge >= 0.3 is 0 Å². The van der Waals surface area contributed by atoms with Crippen molar-refractivity contribution in [2.75, 3.05) is 26.7 Å². The number of likely N-dealkylation sites (N-methyl/N-ethyl adjacent to an activating group) is 1. The minimum absolute atomic E-state index is 0.0666. The Morgan fingerprint density at radius 1 is 1.21 bits per heavy atom. The molecule has 0 bridgehead atoms. The lowest BCUT2D eigenvalue weighted by atomic mass is 10.1. The van der Waals surface area contributed by atoms with Gasteiger partial charge < -0.3 is 10.1 Å². The van der Waals surface area contributed by atoms with E-state index >= 15 is 0 Å². The average molecular weight is 330 g/mol. The molecule has 0 saturated carbocycles. The first-order valence-electron chi connectivity index (χ1n) is 7.96. The van der Waals surface area contributed by atoms with Crippen LogP contribution in [0.25, 0.3) is 0 Å². The molecule has 0 saturated heterocycles. The fourth-order valence-corrected chi connectivity index (χ4v) is 2.32. The minimum atomic E-state index is -0.340. The quantitative estimate of drug-likeness (QED) is 0.757. The van der Waals surface area contributed by atoms with E-state index in [9.17, 15) is 9.18 Å². The Kier molecular flexibility index (Phi) is 6.75. The maximum atomic E-state index is 13.0. The topological polar surface area (TPSA) is 41.6 Å². The van der Waals surface area contributed by atoms with Gasteiger partial charge in [0, 0.05) is 12.1 Å². The predicted octanol–water partition coefficient (Wildman–Crippen LogP) is 3.01. The largest absolute Gasteiger partial charge is 0.492 e. The summed E-state index contributed by atoms with van der Waals surface area (Å²) in [7, 11) is 1.92. The molecule has 5 heteroatoms. The molecule has 1 N–H and O–H groups in total. The summed E-state index contributed by atoms with van der Waals surface area (Å²) in [6, 6.07) is 16.1. The summed E-state index contributed by atoms with van der Waals surface area (Å²) < 4.78 is 18.4. The van der Waals surface area contributed by atoms with Gasteiger partial charge in [-0.15, -0.1) is 0 Å². The number of halogens is 1. The summed E-state index contributed by atoms with van der Waals surface area (Å²) in [5.74, 6) is 0.0512. The molecule has 1 unspecified atom stereocenters. The molecule has 24 heavy (non-hydrogen) atoms. The minimum Gasteiger partial charge on any atom is -0.492 e. The van der Waals surface area contributed by atoms with Gasteiger partial charge in [0.1, 0.15) is 18.2 Å². The Balaban J connectivity index is 1.69. The molecule has 2 aromatic rings. The Labute approximate surface area is 142 Å². The van der Waals surface area contributed by atoms with Crippen LogP contribution < -0.4 is 10.1 Å². The molecule has 1 amide bonds. The van der Waals surface area contributed by atoms with Crippen LogP contribution >= 0.6 is 0 Å². The molecule has 128 valence electrons. The second-order valence-corrected chi connectivity index (χ2v) is 5.66. The van der Waals surface area contributed by atoms with Gasteiger partial charge in [0.2, 0.25) is 5.91 Å². The lowest BCUT2D eigenvalue weighted by Crippen LogP contribution is -2.38. The maximum absolute atomic E-state index is 13.0. The summed E-state index contributed by atoms with van der Waals surface area (Å²) in [6.45, 7) is 3.04. The number of ether oxygens (including phenoxy) is 1. The molecule has 0 heterocycles. The van der Waals surface area contributed by atoms with E-state index in [0.717, 1.165) is 0 Å². The van der Waals surface area contributed by atoms with Crippen LogP contribution in [-0.2, 0) is 4.79 Å². The molecule has 0 aliphatic carbocycles. The molecule has 2 rings (SSSR count). The number of carbonyl (C=O) groups excluding carboxylic acids is 1. The highest BCUT2D eigenvalue weighted by Gasteiger charge is 2.14. The lowest BCUT2D eigenvalue weighted by molar-refractivity contribution is -0.122. The van der Waals surface area contributed by atoms with Gasteiger partial charge in [0.25, 0.3) is 0 Å². The highest BCUT2D eigenvalue weighted by atomic mass is 19.1. The highest BCUT2D eigenvalue weighted by Crippen LogP contribution is 2.17. The highest BCUT2D eigenvalue weighted by molar-refractivity contribution is 5.78. The summed E-state index contributed by atoms with van der Waals surface area (Å²) in [5, 5.41) is 2.81. The van der Waals surface area contributed by atoms with Crippen LogP contribution in [0.15, 0.2) is 54.6 Å². The van der Waals surface area contributed by atoms with E-state index < -0.39 is 0 Å². The van der Waals surface area contributed by atoms with Crippen molar-refractivity contribution in [2.45, 2.75) is 13.0 Å². The van der Waals surface area contributed by atoms with E-state index in [1.807, 2.05) is 42.3 Å². The zero-order chi connectivity index (χ0) is 17.4. The second kappa shape index (κ2) is 9.03. The summed E-state index contributed by atoms with van der Waals surface area (Å²) in [6.07, 6.45) is 0. The Bertz CT molecular complexity index is 649. The number of benzene rings is 2. The molecular formula is C19H23FN2O2. The first-order chi connectivity index (χ1) is 11.6. The zero-order valence-corrected chi connectivity index (χ0v) is 14.0. The summed E-state index contributed by atoms with van der Waals surface area (Å²) in [4.78, 5) is 14.0. The van der Waals surface area contributed by atoms with Crippen molar-refractivity contribution in [1.82, 2.24) is 10.2 Å². The Hall–Kier alpha value is -2.40. The third kappa shape index (κ3) is 5.66. The maximum Gasteiger partial charge on any atom is 0.234 e. The van der Waals surface area contributed by atoms with Crippen LogP contribution in [0.5, 0.6) is 5.75 Å². The van der Waals surface area contributed by atoms with E-state index in [-0.39, 0.29) is 17.8 Å². The van der Waals surface area contributed by atoms with Crippen LogP contribution in [0.2, 0.25) is 0 Å². The number of amides is 1. The van der Waals surface area contributed by atoms with Gasteiger partial charge in [0.15, 0.2) is 0 Å².